The van der Waals surface area contributed by atoms with E-state index in [2.05, 4.69) is 24.2 Å². The minimum absolute atomic E-state index is 0.0533. The third kappa shape index (κ3) is 4.19. The summed E-state index contributed by atoms with van der Waals surface area (Å²) < 4.78 is 0.260. The van der Waals surface area contributed by atoms with Gasteiger partial charge in [-0.3, -0.25) is 4.79 Å². The Kier molecular flexibility index (Phi) is 5.85. The monoisotopic (exact) mass is 309 g/mol. The van der Waals surface area contributed by atoms with Crippen LogP contribution in [0.25, 0.3) is 0 Å². The molecule has 1 atom stereocenters. The molecule has 110 valence electrons. The van der Waals surface area contributed by atoms with Gasteiger partial charge in [-0.05, 0) is 31.1 Å². The van der Waals surface area contributed by atoms with Crippen molar-refractivity contribution in [2.75, 3.05) is 12.8 Å². The van der Waals surface area contributed by atoms with Gasteiger partial charge in [0, 0.05) is 11.3 Å². The number of benzene rings is 1. The smallest absolute Gasteiger partial charge is 0.233 e. The van der Waals surface area contributed by atoms with Gasteiger partial charge in [0.2, 0.25) is 5.91 Å². The van der Waals surface area contributed by atoms with Gasteiger partial charge in [-0.25, -0.2) is 0 Å². The van der Waals surface area contributed by atoms with E-state index in [1.807, 2.05) is 42.1 Å². The molecule has 1 N–H and O–H groups in total. The summed E-state index contributed by atoms with van der Waals surface area (Å²) in [4.78, 5) is 12.2. The first-order chi connectivity index (χ1) is 9.65. The van der Waals surface area contributed by atoms with Gasteiger partial charge in [-0.1, -0.05) is 43.2 Å². The maximum atomic E-state index is 12.2. The lowest BCUT2D eigenvalue weighted by molar-refractivity contribution is -0.120. The molecule has 2 nitrogen and oxygen atoms in total. The number of nitrogens with one attached hydrogen (secondary N) is 1. The zero-order valence-corrected chi connectivity index (χ0v) is 13.7. The fraction of sp³-hybridized carbons (Fsp3) is 0.562. The fourth-order valence-corrected chi connectivity index (χ4v) is 3.98. The number of thiol groups is 1. The summed E-state index contributed by atoms with van der Waals surface area (Å²) in [6.07, 6.45) is 7.83. The molecule has 1 saturated carbocycles. The SMILES string of the molecule is CSC1(CNC(=O)C(S)Cc2ccccc2)CCCC1. The van der Waals surface area contributed by atoms with Gasteiger partial charge in [-0.2, -0.15) is 24.4 Å². The molecular formula is C16H23NOS2. The van der Waals surface area contributed by atoms with Gasteiger partial charge in [0.1, 0.15) is 0 Å². The second kappa shape index (κ2) is 7.41. The first-order valence-corrected chi connectivity index (χ1v) is 8.94. The van der Waals surface area contributed by atoms with Crippen LogP contribution in [0.3, 0.4) is 0 Å². The molecule has 1 fully saturated rings. The molecule has 0 aromatic heterocycles. The summed E-state index contributed by atoms with van der Waals surface area (Å²) in [5.74, 6) is 0.0533. The number of amides is 1. The number of hydrogen-bond acceptors (Lipinski definition) is 3. The van der Waals surface area contributed by atoms with Crippen LogP contribution in [0.5, 0.6) is 0 Å². The molecule has 1 aromatic carbocycles. The summed E-state index contributed by atoms with van der Waals surface area (Å²) in [7, 11) is 0. The molecule has 0 bridgehead atoms. The lowest BCUT2D eigenvalue weighted by Gasteiger charge is -2.27. The molecule has 0 aliphatic heterocycles. The van der Waals surface area contributed by atoms with Crippen LogP contribution >= 0.6 is 24.4 Å². The van der Waals surface area contributed by atoms with Crippen molar-refractivity contribution in [2.45, 2.75) is 42.1 Å². The van der Waals surface area contributed by atoms with Crippen molar-refractivity contribution in [1.82, 2.24) is 5.32 Å². The van der Waals surface area contributed by atoms with Crippen molar-refractivity contribution in [3.8, 4) is 0 Å². The van der Waals surface area contributed by atoms with E-state index in [1.54, 1.807) is 0 Å². The van der Waals surface area contributed by atoms with Gasteiger partial charge in [0.15, 0.2) is 0 Å². The summed E-state index contributed by atoms with van der Waals surface area (Å²) in [6.45, 7) is 0.777. The number of carbonyl (C=O) groups is 1. The Bertz CT molecular complexity index is 429. The number of hydrogen-bond donors (Lipinski definition) is 2. The van der Waals surface area contributed by atoms with Gasteiger partial charge in [0.25, 0.3) is 0 Å². The highest BCUT2D eigenvalue weighted by Gasteiger charge is 2.33. The van der Waals surface area contributed by atoms with Crippen LogP contribution in [-0.2, 0) is 11.2 Å². The van der Waals surface area contributed by atoms with Crippen molar-refractivity contribution in [3.63, 3.8) is 0 Å². The average molecular weight is 310 g/mol. The van der Waals surface area contributed by atoms with Crippen molar-refractivity contribution in [2.24, 2.45) is 0 Å². The summed E-state index contributed by atoms with van der Waals surface area (Å²) >= 11 is 6.35. The molecular weight excluding hydrogens is 286 g/mol. The predicted octanol–water partition coefficient (Wildman–Crippen LogP) is 3.32. The van der Waals surface area contributed by atoms with Crippen molar-refractivity contribution >= 4 is 30.3 Å². The van der Waals surface area contributed by atoms with Crippen LogP contribution in [0.15, 0.2) is 30.3 Å². The molecule has 1 amide bonds. The molecule has 0 spiro atoms. The fourth-order valence-electron chi connectivity index (χ4n) is 2.77. The predicted molar refractivity (Wildman–Crippen MR) is 90.6 cm³/mol. The second-order valence-corrected chi connectivity index (χ2v) is 7.42. The third-order valence-corrected chi connectivity index (χ3v) is 5.94. The Balaban J connectivity index is 1.82. The van der Waals surface area contributed by atoms with Gasteiger partial charge >= 0.3 is 0 Å². The molecule has 0 saturated heterocycles. The topological polar surface area (TPSA) is 29.1 Å². The molecule has 4 heteroatoms. The first kappa shape index (κ1) is 15.8. The van der Waals surface area contributed by atoms with E-state index in [9.17, 15) is 4.79 Å². The van der Waals surface area contributed by atoms with Gasteiger partial charge in [-0.15, -0.1) is 0 Å². The van der Waals surface area contributed by atoms with Crippen LogP contribution in [0.2, 0.25) is 0 Å². The van der Waals surface area contributed by atoms with E-state index in [0.717, 1.165) is 12.1 Å². The highest BCUT2D eigenvalue weighted by molar-refractivity contribution is 8.00. The van der Waals surface area contributed by atoms with E-state index in [1.165, 1.54) is 25.7 Å². The zero-order valence-electron chi connectivity index (χ0n) is 12.0. The molecule has 1 aliphatic rings. The Hall–Kier alpha value is -0.610. The van der Waals surface area contributed by atoms with Crippen molar-refractivity contribution in [1.29, 1.82) is 0 Å². The number of thioether (sulfide) groups is 1. The Morgan fingerprint density at radius 1 is 1.35 bits per heavy atom. The normalized spacial score (nSPS) is 18.7. The van der Waals surface area contributed by atoms with Crippen LogP contribution in [-0.4, -0.2) is 28.7 Å². The van der Waals surface area contributed by atoms with Crippen LogP contribution in [0.4, 0.5) is 0 Å². The van der Waals surface area contributed by atoms with Crippen LogP contribution in [0, 0.1) is 0 Å². The molecule has 0 heterocycles. The summed E-state index contributed by atoms with van der Waals surface area (Å²) in [5.41, 5.74) is 1.16. The van der Waals surface area contributed by atoms with E-state index in [-0.39, 0.29) is 15.9 Å². The second-order valence-electron chi connectivity index (χ2n) is 5.52. The Labute approximate surface area is 131 Å². The average Bonchev–Trinajstić information content (AvgIpc) is 2.95. The van der Waals surface area contributed by atoms with Crippen LogP contribution < -0.4 is 5.32 Å². The quantitative estimate of drug-likeness (QED) is 0.789. The minimum Gasteiger partial charge on any atom is -0.354 e. The standard InChI is InChI=1S/C16H23NOS2/c1-20-16(9-5-6-10-16)12-17-15(18)14(19)11-13-7-3-2-4-8-13/h2-4,7-8,14,19H,5-6,9-12H2,1H3,(H,17,18). The van der Waals surface area contributed by atoms with E-state index in [0.29, 0.717) is 6.42 Å². The summed E-state index contributed by atoms with van der Waals surface area (Å²) in [6, 6.07) is 10.1. The summed E-state index contributed by atoms with van der Waals surface area (Å²) in [5, 5.41) is 2.83. The van der Waals surface area contributed by atoms with Crippen LogP contribution in [0.1, 0.15) is 31.2 Å². The highest BCUT2D eigenvalue weighted by Crippen LogP contribution is 2.39. The Morgan fingerprint density at radius 3 is 2.60 bits per heavy atom. The molecule has 0 radical (unpaired) electrons. The maximum absolute atomic E-state index is 12.2. The van der Waals surface area contributed by atoms with E-state index in [4.69, 9.17) is 0 Å². The Morgan fingerprint density at radius 2 is 2.00 bits per heavy atom. The van der Waals surface area contributed by atoms with Gasteiger partial charge < -0.3 is 5.32 Å². The molecule has 1 unspecified atom stereocenters. The van der Waals surface area contributed by atoms with Crippen molar-refractivity contribution < 1.29 is 4.79 Å². The zero-order chi connectivity index (χ0) is 14.4. The van der Waals surface area contributed by atoms with Crippen molar-refractivity contribution in [3.05, 3.63) is 35.9 Å². The van der Waals surface area contributed by atoms with Gasteiger partial charge in [0.05, 0.1) is 5.25 Å². The number of carbonyl (C=O) groups excluding carboxylic acids is 1. The lowest BCUT2D eigenvalue weighted by Crippen LogP contribution is -2.42. The minimum atomic E-state index is -0.266. The van der Waals surface area contributed by atoms with E-state index >= 15 is 0 Å². The largest absolute Gasteiger partial charge is 0.354 e. The van der Waals surface area contributed by atoms with E-state index < -0.39 is 0 Å². The maximum Gasteiger partial charge on any atom is 0.233 e. The lowest BCUT2D eigenvalue weighted by atomic mass is 10.1. The molecule has 1 aliphatic carbocycles. The molecule has 20 heavy (non-hydrogen) atoms. The third-order valence-electron chi connectivity index (χ3n) is 4.11. The number of rotatable bonds is 6. The highest BCUT2D eigenvalue weighted by atomic mass is 32.2. The molecule has 1 aromatic rings. The molecule has 2 rings (SSSR count). The first-order valence-electron chi connectivity index (χ1n) is 7.20.